The molecule has 0 aliphatic carbocycles. The van der Waals surface area contributed by atoms with Gasteiger partial charge < -0.3 is 10.0 Å². The van der Waals surface area contributed by atoms with Crippen LogP contribution in [0.2, 0.25) is 0 Å². The second kappa shape index (κ2) is 6.53. The normalized spacial score (nSPS) is 18.8. The monoisotopic (exact) mass is 261 g/mol. The lowest BCUT2D eigenvalue weighted by atomic mass is 9.95. The number of rotatable bonds is 4. The summed E-state index contributed by atoms with van der Waals surface area (Å²) in [5.41, 5.74) is 3.63. The third-order valence-electron chi connectivity index (χ3n) is 4.21. The predicted octanol–water partition coefficient (Wildman–Crippen LogP) is 3.64. The number of likely N-dealkylation sites (tertiary alicyclic amines) is 1. The summed E-state index contributed by atoms with van der Waals surface area (Å²) >= 11 is 0. The van der Waals surface area contributed by atoms with Crippen molar-refractivity contribution < 1.29 is 5.11 Å². The Morgan fingerprint density at radius 3 is 2.47 bits per heavy atom. The Kier molecular flexibility index (Phi) is 5.00. The summed E-state index contributed by atoms with van der Waals surface area (Å²) in [6.45, 7) is 9.55. The van der Waals surface area contributed by atoms with Crippen LogP contribution in [0.1, 0.15) is 61.8 Å². The van der Waals surface area contributed by atoms with Gasteiger partial charge in [-0.1, -0.05) is 38.5 Å². The van der Waals surface area contributed by atoms with Gasteiger partial charge in [0.15, 0.2) is 0 Å². The second-order valence-electron chi connectivity index (χ2n) is 6.15. The van der Waals surface area contributed by atoms with Gasteiger partial charge in [-0.3, -0.25) is 0 Å². The van der Waals surface area contributed by atoms with E-state index in [0.717, 1.165) is 25.2 Å². The molecular formula is C17H27NO. The van der Waals surface area contributed by atoms with Gasteiger partial charge in [-0.05, 0) is 55.5 Å². The molecule has 0 spiro atoms. The van der Waals surface area contributed by atoms with Crippen molar-refractivity contribution in [2.75, 3.05) is 19.6 Å². The van der Waals surface area contributed by atoms with E-state index in [1.807, 2.05) is 0 Å². The van der Waals surface area contributed by atoms with Crippen molar-refractivity contribution >= 4 is 0 Å². The van der Waals surface area contributed by atoms with Gasteiger partial charge >= 0.3 is 0 Å². The summed E-state index contributed by atoms with van der Waals surface area (Å²) in [6, 6.07) is 6.51. The SMILES string of the molecule is Cc1ccc(C(C)C)cc1C(O)CN1CCCCC1. The van der Waals surface area contributed by atoms with E-state index in [9.17, 15) is 5.11 Å². The molecule has 1 aromatic rings. The van der Waals surface area contributed by atoms with Gasteiger partial charge in [0, 0.05) is 6.54 Å². The van der Waals surface area contributed by atoms with Crippen LogP contribution in [0, 0.1) is 6.92 Å². The molecule has 1 aromatic carbocycles. The lowest BCUT2D eigenvalue weighted by Gasteiger charge is -2.29. The van der Waals surface area contributed by atoms with E-state index in [4.69, 9.17) is 0 Å². The molecule has 0 bridgehead atoms. The number of aliphatic hydroxyl groups excluding tert-OH is 1. The van der Waals surface area contributed by atoms with Gasteiger partial charge in [-0.15, -0.1) is 0 Å². The summed E-state index contributed by atoms with van der Waals surface area (Å²) in [6.07, 6.45) is 3.54. The third kappa shape index (κ3) is 3.80. The minimum absolute atomic E-state index is 0.350. The highest BCUT2D eigenvalue weighted by atomic mass is 16.3. The molecule has 0 radical (unpaired) electrons. The summed E-state index contributed by atoms with van der Waals surface area (Å²) in [5.74, 6) is 0.515. The summed E-state index contributed by atoms with van der Waals surface area (Å²) in [7, 11) is 0. The zero-order valence-electron chi connectivity index (χ0n) is 12.5. The first-order valence-electron chi connectivity index (χ1n) is 7.59. The van der Waals surface area contributed by atoms with E-state index in [0.29, 0.717) is 5.92 Å². The van der Waals surface area contributed by atoms with Crippen molar-refractivity contribution in [3.63, 3.8) is 0 Å². The maximum Gasteiger partial charge on any atom is 0.0919 e. The van der Waals surface area contributed by atoms with Crippen molar-refractivity contribution in [3.8, 4) is 0 Å². The molecule has 106 valence electrons. The zero-order chi connectivity index (χ0) is 13.8. The number of β-amino-alcohol motifs (C(OH)–C–C–N with tert-alkyl or cyclic N) is 1. The van der Waals surface area contributed by atoms with Crippen LogP contribution in [-0.2, 0) is 0 Å². The van der Waals surface area contributed by atoms with Crippen LogP contribution >= 0.6 is 0 Å². The van der Waals surface area contributed by atoms with Crippen molar-refractivity contribution in [2.45, 2.75) is 52.1 Å². The van der Waals surface area contributed by atoms with Crippen LogP contribution in [0.3, 0.4) is 0 Å². The maximum atomic E-state index is 10.5. The quantitative estimate of drug-likeness (QED) is 0.894. The van der Waals surface area contributed by atoms with E-state index >= 15 is 0 Å². The fourth-order valence-corrected chi connectivity index (χ4v) is 2.86. The number of aryl methyl sites for hydroxylation is 1. The van der Waals surface area contributed by atoms with Gasteiger partial charge in [0.25, 0.3) is 0 Å². The Hall–Kier alpha value is -0.860. The standard InChI is InChI=1S/C17H27NO/c1-13(2)15-8-7-14(3)16(11-15)17(19)12-18-9-5-4-6-10-18/h7-8,11,13,17,19H,4-6,9-10,12H2,1-3H3. The van der Waals surface area contributed by atoms with Crippen LogP contribution < -0.4 is 0 Å². The van der Waals surface area contributed by atoms with Crippen molar-refractivity contribution in [1.29, 1.82) is 0 Å². The molecule has 1 N–H and O–H groups in total. The topological polar surface area (TPSA) is 23.5 Å². The van der Waals surface area contributed by atoms with Gasteiger partial charge in [-0.2, -0.15) is 0 Å². The summed E-state index contributed by atoms with van der Waals surface area (Å²) < 4.78 is 0. The molecule has 2 heteroatoms. The van der Waals surface area contributed by atoms with Gasteiger partial charge in [-0.25, -0.2) is 0 Å². The minimum Gasteiger partial charge on any atom is -0.387 e. The molecule has 1 saturated heterocycles. The average molecular weight is 261 g/mol. The molecule has 1 unspecified atom stereocenters. The minimum atomic E-state index is -0.350. The summed E-state index contributed by atoms with van der Waals surface area (Å²) in [5, 5.41) is 10.5. The van der Waals surface area contributed by atoms with Crippen LogP contribution in [0.25, 0.3) is 0 Å². The first-order chi connectivity index (χ1) is 9.08. The fraction of sp³-hybridized carbons (Fsp3) is 0.647. The Morgan fingerprint density at radius 2 is 1.84 bits per heavy atom. The van der Waals surface area contributed by atoms with Gasteiger partial charge in [0.1, 0.15) is 0 Å². The number of hydrogen-bond acceptors (Lipinski definition) is 2. The lowest BCUT2D eigenvalue weighted by molar-refractivity contribution is 0.101. The maximum absolute atomic E-state index is 10.5. The first kappa shape index (κ1) is 14.5. The molecule has 0 amide bonds. The van der Waals surface area contributed by atoms with Crippen molar-refractivity contribution in [1.82, 2.24) is 4.90 Å². The van der Waals surface area contributed by atoms with Gasteiger partial charge in [0.05, 0.1) is 6.10 Å². The summed E-state index contributed by atoms with van der Waals surface area (Å²) in [4.78, 5) is 2.40. The number of nitrogens with zero attached hydrogens (tertiary/aromatic N) is 1. The van der Waals surface area contributed by atoms with Gasteiger partial charge in [0.2, 0.25) is 0 Å². The van der Waals surface area contributed by atoms with E-state index < -0.39 is 0 Å². The molecular weight excluding hydrogens is 234 g/mol. The van der Waals surface area contributed by atoms with Crippen molar-refractivity contribution in [3.05, 3.63) is 34.9 Å². The molecule has 2 nitrogen and oxygen atoms in total. The highest BCUT2D eigenvalue weighted by Gasteiger charge is 2.17. The Bertz CT molecular complexity index is 408. The highest BCUT2D eigenvalue weighted by molar-refractivity contribution is 5.34. The van der Waals surface area contributed by atoms with Crippen LogP contribution in [0.4, 0.5) is 0 Å². The largest absolute Gasteiger partial charge is 0.387 e. The zero-order valence-corrected chi connectivity index (χ0v) is 12.5. The van der Waals surface area contributed by atoms with E-state index in [1.165, 1.54) is 30.4 Å². The Morgan fingerprint density at radius 1 is 1.16 bits per heavy atom. The number of hydrogen-bond donors (Lipinski definition) is 1. The van der Waals surface area contributed by atoms with Crippen LogP contribution in [-0.4, -0.2) is 29.6 Å². The smallest absolute Gasteiger partial charge is 0.0919 e. The number of piperidine rings is 1. The molecule has 0 aromatic heterocycles. The third-order valence-corrected chi connectivity index (χ3v) is 4.21. The molecule has 0 saturated carbocycles. The molecule has 1 aliphatic heterocycles. The molecule has 19 heavy (non-hydrogen) atoms. The van der Waals surface area contributed by atoms with E-state index in [-0.39, 0.29) is 6.10 Å². The fourth-order valence-electron chi connectivity index (χ4n) is 2.86. The Balaban J connectivity index is 2.08. The molecule has 1 aliphatic rings. The first-order valence-corrected chi connectivity index (χ1v) is 7.59. The lowest BCUT2D eigenvalue weighted by Crippen LogP contribution is -2.33. The average Bonchev–Trinajstić information content (AvgIpc) is 2.40. The van der Waals surface area contributed by atoms with Crippen molar-refractivity contribution in [2.24, 2.45) is 0 Å². The molecule has 1 atom stereocenters. The predicted molar refractivity (Wildman–Crippen MR) is 80.5 cm³/mol. The van der Waals surface area contributed by atoms with Crippen LogP contribution in [0.5, 0.6) is 0 Å². The van der Waals surface area contributed by atoms with E-state index in [2.05, 4.69) is 43.9 Å². The Labute approximate surface area is 117 Å². The second-order valence-corrected chi connectivity index (χ2v) is 6.15. The molecule has 1 fully saturated rings. The van der Waals surface area contributed by atoms with E-state index in [1.54, 1.807) is 0 Å². The molecule has 1 heterocycles. The highest BCUT2D eigenvalue weighted by Crippen LogP contribution is 2.25. The molecule has 2 rings (SSSR count). The van der Waals surface area contributed by atoms with Crippen LogP contribution in [0.15, 0.2) is 18.2 Å². The number of aliphatic hydroxyl groups is 1. The number of benzene rings is 1.